The predicted molar refractivity (Wildman–Crippen MR) is 69.3 cm³/mol. The quantitative estimate of drug-likeness (QED) is 0.785. The molecule has 16 heavy (non-hydrogen) atoms. The summed E-state index contributed by atoms with van der Waals surface area (Å²) < 4.78 is 1.08. The molecule has 0 bridgehead atoms. The van der Waals surface area contributed by atoms with E-state index >= 15 is 0 Å². The molecule has 1 aliphatic rings. The molecule has 0 radical (unpaired) electrons. The van der Waals surface area contributed by atoms with E-state index < -0.39 is 0 Å². The zero-order valence-electron chi connectivity index (χ0n) is 9.57. The van der Waals surface area contributed by atoms with Crippen LogP contribution in [0.3, 0.4) is 0 Å². The number of halogens is 1. The lowest BCUT2D eigenvalue weighted by Crippen LogP contribution is -2.38. The molecule has 1 heterocycles. The first kappa shape index (κ1) is 11.5. The van der Waals surface area contributed by atoms with Crippen LogP contribution in [0.15, 0.2) is 28.7 Å². The zero-order valence-corrected chi connectivity index (χ0v) is 11.2. The van der Waals surface area contributed by atoms with Crippen molar-refractivity contribution in [1.29, 1.82) is 5.26 Å². The Hall–Kier alpha value is -1.01. The average Bonchev–Trinajstić information content (AvgIpc) is 2.53. The van der Waals surface area contributed by atoms with E-state index in [2.05, 4.69) is 52.9 Å². The van der Waals surface area contributed by atoms with E-state index in [1.165, 1.54) is 5.69 Å². The molecule has 1 unspecified atom stereocenters. The highest BCUT2D eigenvalue weighted by Crippen LogP contribution is 2.37. The van der Waals surface area contributed by atoms with E-state index in [9.17, 15) is 0 Å². The Morgan fingerprint density at radius 2 is 2.25 bits per heavy atom. The molecule has 1 atom stereocenters. The predicted octanol–water partition coefficient (Wildman–Crippen LogP) is 3.58. The highest BCUT2D eigenvalue weighted by Gasteiger charge is 2.38. The maximum absolute atomic E-state index is 9.03. The second kappa shape index (κ2) is 4.10. The standard InChI is InChI=1S/C13H15BrN2/c1-13(2)7-10(8-15)9-16(13)12-5-3-4-11(14)6-12/h3-6,10H,7,9H2,1-2H3. The first-order valence-electron chi connectivity index (χ1n) is 5.46. The second-order valence-electron chi connectivity index (χ2n) is 4.93. The summed E-state index contributed by atoms with van der Waals surface area (Å²) in [6.45, 7) is 5.23. The van der Waals surface area contributed by atoms with Gasteiger partial charge in [-0.15, -0.1) is 0 Å². The number of nitrogens with zero attached hydrogens (tertiary/aromatic N) is 2. The number of benzene rings is 1. The average molecular weight is 279 g/mol. The van der Waals surface area contributed by atoms with Crippen molar-refractivity contribution in [2.45, 2.75) is 25.8 Å². The van der Waals surface area contributed by atoms with Gasteiger partial charge in [0.2, 0.25) is 0 Å². The minimum Gasteiger partial charge on any atom is -0.365 e. The molecule has 84 valence electrons. The third-order valence-corrected chi connectivity index (χ3v) is 3.68. The number of nitriles is 1. The molecule has 3 heteroatoms. The molecule has 0 aliphatic carbocycles. The molecule has 0 aromatic heterocycles. The minimum atomic E-state index is 0.0706. The zero-order chi connectivity index (χ0) is 11.8. The first-order valence-corrected chi connectivity index (χ1v) is 6.25. The Balaban J connectivity index is 2.31. The third-order valence-electron chi connectivity index (χ3n) is 3.18. The van der Waals surface area contributed by atoms with Crippen LogP contribution in [-0.4, -0.2) is 12.1 Å². The van der Waals surface area contributed by atoms with Gasteiger partial charge in [0.25, 0.3) is 0 Å². The SMILES string of the molecule is CC1(C)CC(C#N)CN1c1cccc(Br)c1. The van der Waals surface area contributed by atoms with E-state index in [4.69, 9.17) is 5.26 Å². The van der Waals surface area contributed by atoms with Crippen molar-refractivity contribution < 1.29 is 0 Å². The van der Waals surface area contributed by atoms with E-state index in [-0.39, 0.29) is 11.5 Å². The summed E-state index contributed by atoms with van der Waals surface area (Å²) in [6.07, 6.45) is 0.940. The van der Waals surface area contributed by atoms with Gasteiger partial charge in [-0.3, -0.25) is 0 Å². The van der Waals surface area contributed by atoms with Crippen molar-refractivity contribution in [3.8, 4) is 6.07 Å². The topological polar surface area (TPSA) is 27.0 Å². The summed E-state index contributed by atoms with van der Waals surface area (Å²) >= 11 is 3.49. The van der Waals surface area contributed by atoms with Gasteiger partial charge in [0, 0.05) is 22.2 Å². The lowest BCUT2D eigenvalue weighted by Gasteiger charge is -2.33. The van der Waals surface area contributed by atoms with E-state index in [0.29, 0.717) is 0 Å². The van der Waals surface area contributed by atoms with Crippen LogP contribution >= 0.6 is 15.9 Å². The fraction of sp³-hybridized carbons (Fsp3) is 0.462. The van der Waals surface area contributed by atoms with Crippen LogP contribution in [0.25, 0.3) is 0 Å². The maximum Gasteiger partial charge on any atom is 0.0675 e. The Bertz CT molecular complexity index is 434. The molecule has 1 fully saturated rings. The molecule has 0 amide bonds. The maximum atomic E-state index is 9.03. The summed E-state index contributed by atoms with van der Waals surface area (Å²) in [7, 11) is 0. The van der Waals surface area contributed by atoms with Crippen LogP contribution in [0.2, 0.25) is 0 Å². The number of hydrogen-bond donors (Lipinski definition) is 0. The van der Waals surface area contributed by atoms with Gasteiger partial charge in [-0.25, -0.2) is 0 Å². The van der Waals surface area contributed by atoms with Crippen molar-refractivity contribution in [2.75, 3.05) is 11.4 Å². The van der Waals surface area contributed by atoms with E-state index in [1.807, 2.05) is 12.1 Å². The summed E-state index contributed by atoms with van der Waals surface area (Å²) in [5.74, 6) is 0.147. The smallest absolute Gasteiger partial charge is 0.0675 e. The first-order chi connectivity index (χ1) is 7.53. The van der Waals surface area contributed by atoms with Crippen molar-refractivity contribution in [3.05, 3.63) is 28.7 Å². The van der Waals surface area contributed by atoms with Gasteiger partial charge in [0.15, 0.2) is 0 Å². The van der Waals surface area contributed by atoms with Crippen molar-refractivity contribution in [3.63, 3.8) is 0 Å². The van der Waals surface area contributed by atoms with Gasteiger partial charge in [-0.1, -0.05) is 22.0 Å². The molecule has 1 aromatic carbocycles. The molecule has 1 aromatic rings. The Morgan fingerprint density at radius 1 is 1.50 bits per heavy atom. The number of anilines is 1. The van der Waals surface area contributed by atoms with Gasteiger partial charge >= 0.3 is 0 Å². The molecule has 0 spiro atoms. The second-order valence-corrected chi connectivity index (χ2v) is 5.85. The molecule has 2 rings (SSSR count). The fourth-order valence-electron chi connectivity index (χ4n) is 2.43. The summed E-state index contributed by atoms with van der Waals surface area (Å²) in [6, 6.07) is 10.7. The largest absolute Gasteiger partial charge is 0.365 e. The van der Waals surface area contributed by atoms with Crippen molar-refractivity contribution >= 4 is 21.6 Å². The summed E-state index contributed by atoms with van der Waals surface area (Å²) in [5.41, 5.74) is 1.26. The lowest BCUT2D eigenvalue weighted by molar-refractivity contribution is 0.503. The van der Waals surface area contributed by atoms with Crippen LogP contribution in [0.4, 0.5) is 5.69 Å². The highest BCUT2D eigenvalue weighted by molar-refractivity contribution is 9.10. The van der Waals surface area contributed by atoms with Crippen molar-refractivity contribution in [2.24, 2.45) is 5.92 Å². The van der Waals surface area contributed by atoms with Crippen LogP contribution < -0.4 is 4.90 Å². The Labute approximate surface area is 105 Å². The van der Waals surface area contributed by atoms with Crippen LogP contribution in [0.5, 0.6) is 0 Å². The number of rotatable bonds is 1. The summed E-state index contributed by atoms with van der Waals surface area (Å²) in [5, 5.41) is 9.03. The van der Waals surface area contributed by atoms with E-state index in [1.54, 1.807) is 0 Å². The van der Waals surface area contributed by atoms with Gasteiger partial charge in [0.1, 0.15) is 0 Å². The van der Waals surface area contributed by atoms with Crippen LogP contribution in [0.1, 0.15) is 20.3 Å². The van der Waals surface area contributed by atoms with Gasteiger partial charge < -0.3 is 4.90 Å². The van der Waals surface area contributed by atoms with Crippen LogP contribution in [-0.2, 0) is 0 Å². The summed E-state index contributed by atoms with van der Waals surface area (Å²) in [4.78, 5) is 2.33. The fourth-order valence-corrected chi connectivity index (χ4v) is 2.82. The Kier molecular flexibility index (Phi) is 2.94. The monoisotopic (exact) mass is 278 g/mol. The Morgan fingerprint density at radius 3 is 2.81 bits per heavy atom. The number of hydrogen-bond acceptors (Lipinski definition) is 2. The van der Waals surface area contributed by atoms with Gasteiger partial charge in [0.05, 0.1) is 12.0 Å². The molecule has 0 saturated carbocycles. The van der Waals surface area contributed by atoms with Gasteiger partial charge in [-0.2, -0.15) is 5.26 Å². The van der Waals surface area contributed by atoms with Crippen LogP contribution in [0, 0.1) is 17.2 Å². The lowest BCUT2D eigenvalue weighted by atomic mass is 9.97. The normalized spacial score (nSPS) is 23.1. The molecule has 2 nitrogen and oxygen atoms in total. The molecular formula is C13H15BrN2. The highest BCUT2D eigenvalue weighted by atomic mass is 79.9. The molecular weight excluding hydrogens is 264 g/mol. The van der Waals surface area contributed by atoms with Crippen molar-refractivity contribution in [1.82, 2.24) is 0 Å². The molecule has 0 N–H and O–H groups in total. The molecule has 1 saturated heterocycles. The molecule has 1 aliphatic heterocycles. The third kappa shape index (κ3) is 2.08. The van der Waals surface area contributed by atoms with E-state index in [0.717, 1.165) is 17.4 Å². The minimum absolute atomic E-state index is 0.0706. The van der Waals surface area contributed by atoms with Gasteiger partial charge in [-0.05, 0) is 38.5 Å².